The molecule has 0 unspecified atom stereocenters. The van der Waals surface area contributed by atoms with Crippen molar-refractivity contribution in [3.05, 3.63) is 23.8 Å². The number of ether oxygens (including phenoxy) is 2. The highest BCUT2D eigenvalue weighted by molar-refractivity contribution is 5.98. The van der Waals surface area contributed by atoms with Crippen LogP contribution in [-0.4, -0.2) is 42.6 Å². The van der Waals surface area contributed by atoms with E-state index < -0.39 is 5.72 Å². The molecule has 2 bridgehead atoms. The maximum absolute atomic E-state index is 13.3. The van der Waals surface area contributed by atoms with Gasteiger partial charge in [0.1, 0.15) is 11.5 Å². The molecule has 1 saturated heterocycles. The smallest absolute Gasteiger partial charge is 0.258 e. The molecule has 1 aromatic carbocycles. The van der Waals surface area contributed by atoms with Crippen LogP contribution in [0.25, 0.3) is 0 Å². The van der Waals surface area contributed by atoms with Gasteiger partial charge in [-0.15, -0.1) is 0 Å². The minimum Gasteiger partial charge on any atom is -0.497 e. The average molecular weight is 399 g/mol. The third-order valence-electron chi connectivity index (χ3n) is 7.55. The Morgan fingerprint density at radius 1 is 1.31 bits per heavy atom. The number of nitrogens with zero attached hydrogens (tertiary/aromatic N) is 1. The van der Waals surface area contributed by atoms with E-state index >= 15 is 0 Å². The van der Waals surface area contributed by atoms with Crippen molar-refractivity contribution in [2.24, 2.45) is 23.7 Å². The summed E-state index contributed by atoms with van der Waals surface area (Å²) in [6.45, 7) is 4.01. The zero-order valence-electron chi connectivity index (χ0n) is 17.3. The standard InChI is InChI=1S/C23H30N2O4/c1-14-4-3-9-25(13-14)22(27)19-10-16-6-5-15(19)12-23(16)24-21(26)18-8-7-17(28-2)11-20(18)29-23/h7-8,11,14-16,19H,3-6,9-10,12-13H2,1-2H3,(H,24,26)/t14-,15+,16-,19+,23-/m0/s1. The van der Waals surface area contributed by atoms with Crippen molar-refractivity contribution in [3.8, 4) is 11.5 Å². The molecular formula is C23H30N2O4. The van der Waals surface area contributed by atoms with E-state index in [0.717, 1.165) is 38.8 Å². The quantitative estimate of drug-likeness (QED) is 0.831. The van der Waals surface area contributed by atoms with Gasteiger partial charge in [-0.1, -0.05) is 6.92 Å². The fourth-order valence-corrected chi connectivity index (χ4v) is 6.04. The number of methoxy groups -OCH3 is 1. The Balaban J connectivity index is 1.37. The van der Waals surface area contributed by atoms with Crippen LogP contribution in [0.1, 0.15) is 55.8 Å². The predicted molar refractivity (Wildman–Crippen MR) is 108 cm³/mol. The molecule has 6 rings (SSSR count). The van der Waals surface area contributed by atoms with Crippen molar-refractivity contribution in [2.45, 2.75) is 51.2 Å². The molecule has 2 heterocycles. The van der Waals surface area contributed by atoms with Crippen LogP contribution in [-0.2, 0) is 4.79 Å². The summed E-state index contributed by atoms with van der Waals surface area (Å²) in [7, 11) is 1.61. The minimum atomic E-state index is -0.689. The van der Waals surface area contributed by atoms with E-state index in [2.05, 4.69) is 17.1 Å². The Morgan fingerprint density at radius 3 is 2.90 bits per heavy atom. The normalized spacial score (nSPS) is 35.7. The number of rotatable bonds is 2. The lowest BCUT2D eigenvalue weighted by molar-refractivity contribution is -0.156. The molecule has 1 N–H and O–H groups in total. The van der Waals surface area contributed by atoms with E-state index in [-0.39, 0.29) is 23.7 Å². The number of carbonyl (C=O) groups is 2. The molecule has 6 heteroatoms. The maximum Gasteiger partial charge on any atom is 0.258 e. The molecule has 6 nitrogen and oxygen atoms in total. The summed E-state index contributed by atoms with van der Waals surface area (Å²) in [4.78, 5) is 28.2. The first kappa shape index (κ1) is 18.8. The number of amides is 2. The van der Waals surface area contributed by atoms with Gasteiger partial charge in [-0.3, -0.25) is 9.59 Å². The van der Waals surface area contributed by atoms with Crippen LogP contribution in [0.4, 0.5) is 0 Å². The fourth-order valence-electron chi connectivity index (χ4n) is 6.04. The zero-order valence-corrected chi connectivity index (χ0v) is 17.3. The molecule has 29 heavy (non-hydrogen) atoms. The summed E-state index contributed by atoms with van der Waals surface area (Å²) in [6.07, 6.45) is 5.86. The number of benzene rings is 1. The minimum absolute atomic E-state index is 0.0666. The van der Waals surface area contributed by atoms with Gasteiger partial charge >= 0.3 is 0 Å². The van der Waals surface area contributed by atoms with Gasteiger partial charge in [0.05, 0.1) is 12.7 Å². The van der Waals surface area contributed by atoms with Crippen LogP contribution < -0.4 is 14.8 Å². The second kappa shape index (κ2) is 6.92. The maximum atomic E-state index is 13.3. The molecular weight excluding hydrogens is 368 g/mol. The lowest BCUT2D eigenvalue weighted by Crippen LogP contribution is -2.67. The van der Waals surface area contributed by atoms with E-state index in [4.69, 9.17) is 9.47 Å². The molecule has 5 aliphatic rings. The number of nitrogens with one attached hydrogen (secondary N) is 1. The van der Waals surface area contributed by atoms with Gasteiger partial charge in [-0.25, -0.2) is 0 Å². The van der Waals surface area contributed by atoms with Crippen LogP contribution in [0.5, 0.6) is 11.5 Å². The first-order valence-corrected chi connectivity index (χ1v) is 11.0. The van der Waals surface area contributed by atoms with Crippen molar-refractivity contribution in [3.63, 3.8) is 0 Å². The number of hydrogen-bond acceptors (Lipinski definition) is 4. The highest BCUT2D eigenvalue weighted by atomic mass is 16.5. The van der Waals surface area contributed by atoms with Crippen LogP contribution in [0.3, 0.4) is 0 Å². The van der Waals surface area contributed by atoms with Crippen LogP contribution in [0.15, 0.2) is 18.2 Å². The van der Waals surface area contributed by atoms with Crippen LogP contribution in [0, 0.1) is 23.7 Å². The summed E-state index contributed by atoms with van der Waals surface area (Å²) in [5, 5.41) is 3.18. The highest BCUT2D eigenvalue weighted by Gasteiger charge is 2.57. The third-order valence-corrected chi connectivity index (χ3v) is 7.55. The Kier molecular flexibility index (Phi) is 4.48. The van der Waals surface area contributed by atoms with Crippen molar-refractivity contribution < 1.29 is 19.1 Å². The number of piperidine rings is 1. The molecule has 3 aliphatic carbocycles. The Labute approximate surface area is 171 Å². The number of hydrogen-bond donors (Lipinski definition) is 1. The zero-order chi connectivity index (χ0) is 20.2. The van der Waals surface area contributed by atoms with Crippen molar-refractivity contribution in [2.75, 3.05) is 20.2 Å². The first-order valence-electron chi connectivity index (χ1n) is 11.0. The topological polar surface area (TPSA) is 67.9 Å². The largest absolute Gasteiger partial charge is 0.497 e. The Bertz CT molecular complexity index is 840. The van der Waals surface area contributed by atoms with Gasteiger partial charge in [-0.2, -0.15) is 0 Å². The fraction of sp³-hybridized carbons (Fsp3) is 0.652. The van der Waals surface area contributed by atoms with Crippen molar-refractivity contribution in [1.82, 2.24) is 10.2 Å². The van der Waals surface area contributed by atoms with E-state index in [1.165, 1.54) is 6.42 Å². The average Bonchev–Trinajstić information content (AvgIpc) is 2.73. The molecule has 3 saturated carbocycles. The van der Waals surface area contributed by atoms with Gasteiger partial charge in [0, 0.05) is 37.4 Å². The predicted octanol–water partition coefficient (Wildman–Crippen LogP) is 3.21. The van der Waals surface area contributed by atoms with Gasteiger partial charge in [0.15, 0.2) is 5.72 Å². The van der Waals surface area contributed by atoms with E-state index in [9.17, 15) is 9.59 Å². The van der Waals surface area contributed by atoms with Crippen molar-refractivity contribution >= 4 is 11.8 Å². The van der Waals surface area contributed by atoms with Gasteiger partial charge < -0.3 is 19.7 Å². The number of fused-ring (bicyclic) bond motifs is 3. The molecule has 156 valence electrons. The third kappa shape index (κ3) is 3.08. The summed E-state index contributed by atoms with van der Waals surface area (Å²) < 4.78 is 11.8. The number of carbonyl (C=O) groups excluding carboxylic acids is 2. The Hall–Kier alpha value is -2.24. The van der Waals surface area contributed by atoms with Crippen LogP contribution >= 0.6 is 0 Å². The summed E-state index contributed by atoms with van der Waals surface area (Å²) in [5.41, 5.74) is -0.140. The first-order chi connectivity index (χ1) is 14.0. The molecule has 2 aliphatic heterocycles. The van der Waals surface area contributed by atoms with E-state index in [1.807, 2.05) is 0 Å². The monoisotopic (exact) mass is 398 g/mol. The van der Waals surface area contributed by atoms with Crippen molar-refractivity contribution in [1.29, 1.82) is 0 Å². The molecule has 1 spiro atoms. The second-order valence-electron chi connectivity index (χ2n) is 9.42. The van der Waals surface area contributed by atoms with Gasteiger partial charge in [0.2, 0.25) is 5.91 Å². The molecule has 0 radical (unpaired) electrons. The summed E-state index contributed by atoms with van der Waals surface area (Å²) in [5.74, 6) is 2.59. The Morgan fingerprint density at radius 2 is 2.17 bits per heavy atom. The lowest BCUT2D eigenvalue weighted by atomic mass is 9.59. The second-order valence-corrected chi connectivity index (χ2v) is 9.42. The van der Waals surface area contributed by atoms with E-state index in [0.29, 0.717) is 35.3 Å². The number of likely N-dealkylation sites (tertiary alicyclic amines) is 1. The summed E-state index contributed by atoms with van der Waals surface area (Å²) >= 11 is 0. The molecule has 4 fully saturated rings. The summed E-state index contributed by atoms with van der Waals surface area (Å²) in [6, 6.07) is 5.33. The molecule has 5 atom stereocenters. The highest BCUT2D eigenvalue weighted by Crippen LogP contribution is 2.53. The molecule has 2 amide bonds. The van der Waals surface area contributed by atoms with E-state index in [1.54, 1.807) is 25.3 Å². The lowest BCUT2D eigenvalue weighted by Gasteiger charge is -2.55. The van der Waals surface area contributed by atoms with Gasteiger partial charge in [0.25, 0.3) is 5.91 Å². The SMILES string of the molecule is COc1ccc2c(c1)O[C@]1(C[C@H]3CC[C@H]1C[C@H]3C(=O)N1CCC[C@H](C)C1)NC2=O. The van der Waals surface area contributed by atoms with Gasteiger partial charge in [-0.05, 0) is 56.1 Å². The van der Waals surface area contributed by atoms with Crippen LogP contribution in [0.2, 0.25) is 0 Å². The molecule has 0 aromatic heterocycles. The molecule has 1 aromatic rings.